The second-order valence-corrected chi connectivity index (χ2v) is 7.25. The first kappa shape index (κ1) is 19.9. The van der Waals surface area contributed by atoms with E-state index in [0.29, 0.717) is 5.92 Å². The largest absolute Gasteiger partial charge is 0.383 e. The number of rotatable bonds is 8. The van der Waals surface area contributed by atoms with Crippen LogP contribution in [-0.4, -0.2) is 69.7 Å². The second-order valence-electron chi connectivity index (χ2n) is 7.25. The molecule has 0 radical (unpaired) electrons. The molecule has 25 heavy (non-hydrogen) atoms. The first-order chi connectivity index (χ1) is 12.0. The predicted molar refractivity (Wildman–Crippen MR) is 102 cm³/mol. The van der Waals surface area contributed by atoms with Crippen molar-refractivity contribution in [1.82, 2.24) is 15.1 Å². The third-order valence-corrected chi connectivity index (χ3v) is 5.13. The Morgan fingerprint density at radius 1 is 1.32 bits per heavy atom. The quantitative estimate of drug-likeness (QED) is 0.782. The van der Waals surface area contributed by atoms with Crippen molar-refractivity contribution in [3.8, 4) is 0 Å². The highest BCUT2D eigenvalue weighted by Crippen LogP contribution is 2.22. The summed E-state index contributed by atoms with van der Waals surface area (Å²) in [7, 11) is 5.67. The third kappa shape index (κ3) is 5.80. The molecular formula is C20H33N3O2. The molecule has 1 atom stereocenters. The molecule has 1 amide bonds. The number of carbonyl (C=O) groups is 1. The van der Waals surface area contributed by atoms with Crippen LogP contribution in [0.4, 0.5) is 0 Å². The predicted octanol–water partition coefficient (Wildman–Crippen LogP) is 2.07. The molecule has 1 fully saturated rings. The van der Waals surface area contributed by atoms with Gasteiger partial charge in [-0.1, -0.05) is 24.3 Å². The van der Waals surface area contributed by atoms with E-state index in [4.69, 9.17) is 4.74 Å². The lowest BCUT2D eigenvalue weighted by Crippen LogP contribution is -2.42. The lowest BCUT2D eigenvalue weighted by atomic mass is 9.96. The Labute approximate surface area is 152 Å². The third-order valence-electron chi connectivity index (χ3n) is 5.13. The molecular weight excluding hydrogens is 314 g/mol. The van der Waals surface area contributed by atoms with Crippen molar-refractivity contribution in [3.05, 3.63) is 35.4 Å². The van der Waals surface area contributed by atoms with Gasteiger partial charge in [-0.3, -0.25) is 9.69 Å². The van der Waals surface area contributed by atoms with E-state index in [1.54, 1.807) is 7.11 Å². The molecule has 1 aromatic carbocycles. The van der Waals surface area contributed by atoms with Crippen LogP contribution < -0.4 is 5.32 Å². The van der Waals surface area contributed by atoms with Crippen molar-refractivity contribution in [2.45, 2.75) is 25.8 Å². The number of nitrogens with zero attached hydrogens (tertiary/aromatic N) is 2. The van der Waals surface area contributed by atoms with Gasteiger partial charge in [0.1, 0.15) is 6.04 Å². The minimum absolute atomic E-state index is 0.0983. The Balaban J connectivity index is 1.85. The van der Waals surface area contributed by atoms with Gasteiger partial charge in [-0.2, -0.15) is 0 Å². The van der Waals surface area contributed by atoms with E-state index in [-0.39, 0.29) is 11.9 Å². The molecule has 1 aromatic rings. The highest BCUT2D eigenvalue weighted by Gasteiger charge is 2.25. The summed E-state index contributed by atoms with van der Waals surface area (Å²) in [5.74, 6) is 0.670. The maximum atomic E-state index is 12.8. The van der Waals surface area contributed by atoms with E-state index < -0.39 is 0 Å². The molecule has 0 saturated carbocycles. The van der Waals surface area contributed by atoms with Gasteiger partial charge in [0.15, 0.2) is 0 Å². The molecule has 140 valence electrons. The van der Waals surface area contributed by atoms with Gasteiger partial charge >= 0.3 is 0 Å². The zero-order chi connectivity index (χ0) is 18.2. The topological polar surface area (TPSA) is 44.8 Å². The van der Waals surface area contributed by atoms with E-state index in [1.807, 2.05) is 37.2 Å². The van der Waals surface area contributed by atoms with Crippen molar-refractivity contribution < 1.29 is 9.53 Å². The monoisotopic (exact) mass is 347 g/mol. The smallest absolute Gasteiger partial charge is 0.241 e. The normalized spacial score (nSPS) is 17.6. The van der Waals surface area contributed by atoms with Gasteiger partial charge in [0.25, 0.3) is 0 Å². The Morgan fingerprint density at radius 3 is 2.60 bits per heavy atom. The summed E-state index contributed by atoms with van der Waals surface area (Å²) in [4.78, 5) is 17.2. The number of benzene rings is 1. The number of carbonyl (C=O) groups excluding carboxylic acids is 1. The van der Waals surface area contributed by atoms with Crippen LogP contribution in [0, 0.1) is 12.8 Å². The van der Waals surface area contributed by atoms with Gasteiger partial charge in [0.2, 0.25) is 5.91 Å². The Morgan fingerprint density at radius 2 is 2.00 bits per heavy atom. The maximum absolute atomic E-state index is 12.8. The number of likely N-dealkylation sites (N-methyl/N-ethyl adjacent to an activating group) is 1. The fourth-order valence-electron chi connectivity index (χ4n) is 3.52. The first-order valence-electron chi connectivity index (χ1n) is 9.24. The first-order valence-corrected chi connectivity index (χ1v) is 9.24. The van der Waals surface area contributed by atoms with Gasteiger partial charge in [0.05, 0.1) is 6.61 Å². The molecule has 0 aromatic heterocycles. The zero-order valence-corrected chi connectivity index (χ0v) is 16.1. The van der Waals surface area contributed by atoms with Crippen molar-refractivity contribution in [2.75, 3.05) is 54.0 Å². The summed E-state index contributed by atoms with van der Waals surface area (Å²) in [5, 5.41) is 3.19. The molecule has 5 heteroatoms. The second kappa shape index (κ2) is 9.90. The van der Waals surface area contributed by atoms with Crippen LogP contribution in [0.1, 0.15) is 30.0 Å². The van der Waals surface area contributed by atoms with Crippen molar-refractivity contribution in [2.24, 2.45) is 5.92 Å². The van der Waals surface area contributed by atoms with E-state index in [9.17, 15) is 4.79 Å². The van der Waals surface area contributed by atoms with Crippen LogP contribution in [0.3, 0.4) is 0 Å². The zero-order valence-electron chi connectivity index (χ0n) is 16.1. The summed E-state index contributed by atoms with van der Waals surface area (Å²) < 4.78 is 5.15. The Hall–Kier alpha value is -1.43. The van der Waals surface area contributed by atoms with Crippen LogP contribution in [-0.2, 0) is 9.53 Å². The standard InChI is InChI=1S/C20H33N3O2/c1-16-7-5-6-8-18(16)19(22(2)3)20(24)21-15-17-9-11-23(12-10-17)13-14-25-4/h5-8,17,19H,9-15H2,1-4H3,(H,21,24)/t19-/m1/s1. The van der Waals surface area contributed by atoms with Gasteiger partial charge in [-0.15, -0.1) is 0 Å². The van der Waals surface area contributed by atoms with Crippen LogP contribution in [0.5, 0.6) is 0 Å². The number of amides is 1. The number of piperidine rings is 1. The average molecular weight is 348 g/mol. The van der Waals surface area contributed by atoms with E-state index in [0.717, 1.165) is 56.8 Å². The lowest BCUT2D eigenvalue weighted by molar-refractivity contribution is -0.126. The molecule has 2 rings (SSSR count). The Bertz CT molecular complexity index is 539. The summed E-state index contributed by atoms with van der Waals surface area (Å²) in [6.07, 6.45) is 2.28. The minimum Gasteiger partial charge on any atom is -0.383 e. The average Bonchev–Trinajstić information content (AvgIpc) is 2.60. The molecule has 0 unspecified atom stereocenters. The number of nitrogens with one attached hydrogen (secondary N) is 1. The van der Waals surface area contributed by atoms with Crippen LogP contribution >= 0.6 is 0 Å². The number of methoxy groups -OCH3 is 1. The van der Waals surface area contributed by atoms with Crippen LogP contribution in [0.15, 0.2) is 24.3 Å². The van der Waals surface area contributed by atoms with Crippen LogP contribution in [0.25, 0.3) is 0 Å². The summed E-state index contributed by atoms with van der Waals surface area (Å²) >= 11 is 0. The molecule has 0 aliphatic carbocycles. The fraction of sp³-hybridized carbons (Fsp3) is 0.650. The van der Waals surface area contributed by atoms with Crippen molar-refractivity contribution in [3.63, 3.8) is 0 Å². The summed E-state index contributed by atoms with van der Waals surface area (Å²) in [6.45, 7) is 6.83. The number of hydrogen-bond acceptors (Lipinski definition) is 4. The SMILES string of the molecule is COCCN1CCC(CNC(=O)[C@@H](c2ccccc2C)N(C)C)CC1. The number of ether oxygens (including phenoxy) is 1. The maximum Gasteiger partial charge on any atom is 0.241 e. The highest BCUT2D eigenvalue weighted by molar-refractivity contribution is 5.83. The number of likely N-dealkylation sites (tertiary alicyclic amines) is 1. The fourth-order valence-corrected chi connectivity index (χ4v) is 3.52. The summed E-state index contributed by atoms with van der Waals surface area (Å²) in [5.41, 5.74) is 2.24. The molecule has 1 heterocycles. The molecule has 0 bridgehead atoms. The van der Waals surface area contributed by atoms with E-state index >= 15 is 0 Å². The van der Waals surface area contributed by atoms with E-state index in [2.05, 4.69) is 23.2 Å². The van der Waals surface area contributed by atoms with Crippen LogP contribution in [0.2, 0.25) is 0 Å². The highest BCUT2D eigenvalue weighted by atomic mass is 16.5. The van der Waals surface area contributed by atoms with Gasteiger partial charge in [0, 0.05) is 20.2 Å². The van der Waals surface area contributed by atoms with Gasteiger partial charge in [-0.05, 0) is 64.0 Å². The van der Waals surface area contributed by atoms with E-state index in [1.165, 1.54) is 0 Å². The molecule has 1 saturated heterocycles. The molecule has 0 spiro atoms. The number of hydrogen-bond donors (Lipinski definition) is 1. The summed E-state index contributed by atoms with van der Waals surface area (Å²) in [6, 6.07) is 7.90. The van der Waals surface area contributed by atoms with Gasteiger partial charge < -0.3 is 15.0 Å². The molecule has 1 aliphatic rings. The minimum atomic E-state index is -0.233. The number of aryl methyl sites for hydroxylation is 1. The molecule has 1 aliphatic heterocycles. The van der Waals surface area contributed by atoms with Crippen molar-refractivity contribution in [1.29, 1.82) is 0 Å². The van der Waals surface area contributed by atoms with Crippen molar-refractivity contribution >= 4 is 5.91 Å². The molecule has 5 nitrogen and oxygen atoms in total. The lowest BCUT2D eigenvalue weighted by Gasteiger charge is -2.32. The van der Waals surface area contributed by atoms with Gasteiger partial charge in [-0.25, -0.2) is 0 Å². The Kier molecular flexibility index (Phi) is 7.88. The molecule has 1 N–H and O–H groups in total.